The number of amides is 1. The van der Waals surface area contributed by atoms with Gasteiger partial charge >= 0.3 is 5.97 Å². The van der Waals surface area contributed by atoms with Gasteiger partial charge in [-0.05, 0) is 59.8 Å². The number of hydrogen-bond donors (Lipinski definition) is 1. The number of benzene rings is 2. The van der Waals surface area contributed by atoms with Crippen molar-refractivity contribution < 1.29 is 19.4 Å². The number of ether oxygens (including phenoxy) is 1. The van der Waals surface area contributed by atoms with E-state index in [1.165, 1.54) is 28.8 Å². The highest BCUT2D eigenvalue weighted by Gasteiger charge is 2.32. The third-order valence-electron chi connectivity index (χ3n) is 3.95. The van der Waals surface area contributed by atoms with E-state index >= 15 is 0 Å². The lowest BCUT2D eigenvalue weighted by Crippen LogP contribution is -2.29. The molecule has 6 nitrogen and oxygen atoms in total. The normalized spacial score (nSPS) is 16.6. The Labute approximate surface area is 166 Å². The zero-order valence-corrected chi connectivity index (χ0v) is 16.0. The number of carboxylic acids is 1. The van der Waals surface area contributed by atoms with Gasteiger partial charge < -0.3 is 9.84 Å². The van der Waals surface area contributed by atoms with Gasteiger partial charge in [0, 0.05) is 6.54 Å². The van der Waals surface area contributed by atoms with Gasteiger partial charge in [-0.25, -0.2) is 9.79 Å². The second kappa shape index (κ2) is 8.58. The summed E-state index contributed by atoms with van der Waals surface area (Å²) in [4.78, 5) is 30.3. The van der Waals surface area contributed by atoms with Crippen LogP contribution in [0.15, 0.2) is 71.1 Å². The summed E-state index contributed by atoms with van der Waals surface area (Å²) in [5, 5.41) is 9.52. The maximum absolute atomic E-state index is 12.8. The Morgan fingerprint density at radius 3 is 2.46 bits per heavy atom. The van der Waals surface area contributed by atoms with Crippen molar-refractivity contribution in [3.63, 3.8) is 0 Å². The number of carboxylic acid groups (broad SMARTS) is 1. The molecule has 0 aliphatic carbocycles. The van der Waals surface area contributed by atoms with E-state index in [2.05, 4.69) is 11.6 Å². The van der Waals surface area contributed by atoms with E-state index in [1.54, 1.807) is 31.4 Å². The molecule has 1 aliphatic heterocycles. The molecule has 0 unspecified atom stereocenters. The number of methoxy groups -OCH3 is 1. The van der Waals surface area contributed by atoms with Crippen LogP contribution >= 0.6 is 11.8 Å². The molecule has 0 atom stereocenters. The van der Waals surface area contributed by atoms with E-state index < -0.39 is 5.97 Å². The first kappa shape index (κ1) is 19.4. The molecule has 28 heavy (non-hydrogen) atoms. The van der Waals surface area contributed by atoms with Gasteiger partial charge in [-0.15, -0.1) is 6.58 Å². The fourth-order valence-corrected chi connectivity index (χ4v) is 3.53. The number of nitrogens with zero attached hydrogens (tertiary/aromatic N) is 2. The topological polar surface area (TPSA) is 79.2 Å². The quantitative estimate of drug-likeness (QED) is 0.587. The van der Waals surface area contributed by atoms with Gasteiger partial charge in [0.2, 0.25) is 0 Å². The van der Waals surface area contributed by atoms with E-state index in [0.29, 0.717) is 22.3 Å². The molecule has 3 rings (SSSR count). The number of carbonyl (C=O) groups is 2. The Hall–Kier alpha value is -3.32. The Morgan fingerprint density at radius 1 is 1.21 bits per heavy atom. The fourth-order valence-electron chi connectivity index (χ4n) is 2.52. The van der Waals surface area contributed by atoms with E-state index in [1.807, 2.05) is 24.3 Å². The fraction of sp³-hybridized carbons (Fsp3) is 0.0952. The highest BCUT2D eigenvalue weighted by atomic mass is 32.2. The summed E-state index contributed by atoms with van der Waals surface area (Å²) in [6.45, 7) is 4.03. The first-order chi connectivity index (χ1) is 13.5. The van der Waals surface area contributed by atoms with Crippen molar-refractivity contribution in [2.24, 2.45) is 4.99 Å². The van der Waals surface area contributed by atoms with E-state index in [9.17, 15) is 9.59 Å². The molecule has 1 saturated heterocycles. The molecule has 1 amide bonds. The standard InChI is InChI=1S/C21H18N2O4S/c1-3-12-23-19(24)18(13-14-4-10-17(27-2)11-5-14)28-21(23)22-16-8-6-15(7-9-16)20(25)26/h3-11,13H,1,12H2,2H3,(H,25,26)/b18-13-,22-21?. The molecule has 7 heteroatoms. The van der Waals surface area contributed by atoms with Crippen LogP contribution in [0.25, 0.3) is 6.08 Å². The zero-order chi connectivity index (χ0) is 20.1. The minimum absolute atomic E-state index is 0.151. The number of aromatic carboxylic acids is 1. The third kappa shape index (κ3) is 4.32. The lowest BCUT2D eigenvalue weighted by atomic mass is 10.2. The van der Waals surface area contributed by atoms with Crippen LogP contribution in [-0.4, -0.2) is 40.7 Å². The molecule has 0 aromatic heterocycles. The van der Waals surface area contributed by atoms with Crippen LogP contribution in [0, 0.1) is 0 Å². The summed E-state index contributed by atoms with van der Waals surface area (Å²) in [5.74, 6) is -0.405. The SMILES string of the molecule is C=CCN1C(=O)/C(=C/c2ccc(OC)cc2)SC1=Nc1ccc(C(=O)O)cc1. The summed E-state index contributed by atoms with van der Waals surface area (Å²) in [5.41, 5.74) is 1.63. The molecule has 0 spiro atoms. The molecule has 2 aromatic carbocycles. The van der Waals surface area contributed by atoms with Crippen LogP contribution < -0.4 is 4.74 Å². The monoisotopic (exact) mass is 394 g/mol. The van der Waals surface area contributed by atoms with Crippen LogP contribution in [0.3, 0.4) is 0 Å². The largest absolute Gasteiger partial charge is 0.497 e. The number of aliphatic imine (C=N–C) groups is 1. The van der Waals surface area contributed by atoms with E-state index in [0.717, 1.165) is 11.3 Å². The molecule has 1 aliphatic rings. The first-order valence-electron chi connectivity index (χ1n) is 8.40. The minimum atomic E-state index is -0.998. The number of hydrogen-bond acceptors (Lipinski definition) is 5. The van der Waals surface area contributed by atoms with Crippen LogP contribution in [-0.2, 0) is 4.79 Å². The van der Waals surface area contributed by atoms with Crippen molar-refractivity contribution in [2.75, 3.05) is 13.7 Å². The average molecular weight is 394 g/mol. The van der Waals surface area contributed by atoms with Gasteiger partial charge in [-0.2, -0.15) is 0 Å². The molecule has 0 bridgehead atoms. The molecule has 0 radical (unpaired) electrons. The van der Waals surface area contributed by atoms with E-state index in [-0.39, 0.29) is 11.5 Å². The molecule has 1 fully saturated rings. The van der Waals surface area contributed by atoms with Gasteiger partial charge in [0.25, 0.3) is 5.91 Å². The minimum Gasteiger partial charge on any atom is -0.497 e. The lowest BCUT2D eigenvalue weighted by molar-refractivity contribution is -0.121. The second-order valence-corrected chi connectivity index (χ2v) is 6.84. The molecular formula is C21H18N2O4S. The van der Waals surface area contributed by atoms with Gasteiger partial charge in [0.05, 0.1) is 23.3 Å². The van der Waals surface area contributed by atoms with Crippen LogP contribution in [0.1, 0.15) is 15.9 Å². The van der Waals surface area contributed by atoms with Crippen molar-refractivity contribution in [1.29, 1.82) is 0 Å². The highest BCUT2D eigenvalue weighted by Crippen LogP contribution is 2.34. The van der Waals surface area contributed by atoms with Crippen LogP contribution in [0.2, 0.25) is 0 Å². The third-order valence-corrected chi connectivity index (χ3v) is 4.96. The van der Waals surface area contributed by atoms with Gasteiger partial charge in [0.1, 0.15) is 5.75 Å². The summed E-state index contributed by atoms with van der Waals surface area (Å²) < 4.78 is 5.15. The molecule has 0 saturated carbocycles. The van der Waals surface area contributed by atoms with Crippen LogP contribution in [0.5, 0.6) is 5.75 Å². The molecule has 1 heterocycles. The van der Waals surface area contributed by atoms with E-state index in [4.69, 9.17) is 9.84 Å². The van der Waals surface area contributed by atoms with Gasteiger partial charge in [0.15, 0.2) is 5.17 Å². The average Bonchev–Trinajstić information content (AvgIpc) is 2.98. The predicted octanol–water partition coefficient (Wildman–Crippen LogP) is 4.18. The Balaban J connectivity index is 1.89. The predicted molar refractivity (Wildman–Crippen MR) is 111 cm³/mol. The number of carbonyl (C=O) groups excluding carboxylic acids is 1. The van der Waals surface area contributed by atoms with Crippen molar-refractivity contribution in [1.82, 2.24) is 4.90 Å². The van der Waals surface area contributed by atoms with Crippen LogP contribution in [0.4, 0.5) is 5.69 Å². The van der Waals surface area contributed by atoms with Crippen molar-refractivity contribution >= 4 is 40.6 Å². The first-order valence-corrected chi connectivity index (χ1v) is 9.22. The van der Waals surface area contributed by atoms with Crippen molar-refractivity contribution in [3.05, 3.63) is 77.2 Å². The molecule has 2 aromatic rings. The zero-order valence-electron chi connectivity index (χ0n) is 15.2. The highest BCUT2D eigenvalue weighted by molar-refractivity contribution is 8.18. The van der Waals surface area contributed by atoms with Gasteiger partial charge in [-0.1, -0.05) is 18.2 Å². The second-order valence-electron chi connectivity index (χ2n) is 5.83. The summed E-state index contributed by atoms with van der Waals surface area (Å²) in [6, 6.07) is 13.6. The lowest BCUT2D eigenvalue weighted by Gasteiger charge is -2.12. The maximum Gasteiger partial charge on any atom is 0.335 e. The van der Waals surface area contributed by atoms with Crippen molar-refractivity contribution in [2.45, 2.75) is 0 Å². The Bertz CT molecular complexity index is 963. The van der Waals surface area contributed by atoms with Gasteiger partial charge in [-0.3, -0.25) is 9.69 Å². The molecular weight excluding hydrogens is 376 g/mol. The summed E-state index contributed by atoms with van der Waals surface area (Å²) in [7, 11) is 1.60. The Kier molecular flexibility index (Phi) is 5.96. The number of amidine groups is 1. The maximum atomic E-state index is 12.8. The number of thioether (sulfide) groups is 1. The summed E-state index contributed by atoms with van der Waals surface area (Å²) in [6.07, 6.45) is 3.44. The number of rotatable bonds is 6. The Morgan fingerprint density at radius 2 is 1.89 bits per heavy atom. The molecule has 1 N–H and O–H groups in total. The summed E-state index contributed by atoms with van der Waals surface area (Å²) >= 11 is 1.27. The molecule has 142 valence electrons. The smallest absolute Gasteiger partial charge is 0.335 e. The van der Waals surface area contributed by atoms with Crippen molar-refractivity contribution in [3.8, 4) is 5.75 Å².